The monoisotopic (exact) mass is 237 g/mol. The van der Waals surface area contributed by atoms with Crippen LogP contribution in [0.1, 0.15) is 11.1 Å². The third-order valence-electron chi connectivity index (χ3n) is 2.40. The first-order chi connectivity index (χ1) is 7.97. The highest BCUT2D eigenvalue weighted by atomic mass is 19.4. The van der Waals surface area contributed by atoms with Crippen LogP contribution >= 0.6 is 0 Å². The number of rotatable bonds is 1. The fourth-order valence-electron chi connectivity index (χ4n) is 1.55. The van der Waals surface area contributed by atoms with Crippen LogP contribution in [0.2, 0.25) is 0 Å². The molecule has 0 aliphatic carbocycles. The van der Waals surface area contributed by atoms with Gasteiger partial charge >= 0.3 is 6.18 Å². The van der Waals surface area contributed by atoms with Crippen molar-refractivity contribution in [3.63, 3.8) is 0 Å². The number of nitrogens with zero attached hydrogens (tertiary/aromatic N) is 1. The van der Waals surface area contributed by atoms with Crippen LogP contribution < -0.4 is 0 Å². The average Bonchev–Trinajstić information content (AvgIpc) is 2.28. The summed E-state index contributed by atoms with van der Waals surface area (Å²) in [7, 11) is 0. The van der Waals surface area contributed by atoms with Gasteiger partial charge in [-0.15, -0.1) is 0 Å². The third-order valence-corrected chi connectivity index (χ3v) is 2.40. The molecule has 1 nitrogen and oxygen atoms in total. The van der Waals surface area contributed by atoms with Crippen LogP contribution in [-0.2, 0) is 6.18 Å². The maximum absolute atomic E-state index is 12.5. The molecule has 1 aromatic carbocycles. The molecule has 0 fully saturated rings. The lowest BCUT2D eigenvalue weighted by Crippen LogP contribution is -2.04. The molecular weight excluding hydrogens is 227 g/mol. The van der Waals surface area contributed by atoms with Gasteiger partial charge in [-0.2, -0.15) is 13.2 Å². The highest BCUT2D eigenvalue weighted by molar-refractivity contribution is 5.60. The standard InChI is InChI=1S/C13H10F3N/c1-9-5-6-17-12(7-9)10-3-2-4-11(8-10)13(14,15)16/h2-8H,1H3. The number of alkyl halides is 3. The predicted octanol–water partition coefficient (Wildman–Crippen LogP) is 4.08. The first-order valence-electron chi connectivity index (χ1n) is 5.07. The number of aromatic nitrogens is 1. The fourth-order valence-corrected chi connectivity index (χ4v) is 1.55. The van der Waals surface area contributed by atoms with Crippen molar-refractivity contribution in [3.05, 3.63) is 53.7 Å². The minimum absolute atomic E-state index is 0.475. The Hall–Kier alpha value is -1.84. The Kier molecular flexibility index (Phi) is 2.88. The van der Waals surface area contributed by atoms with Crippen LogP contribution in [0.5, 0.6) is 0 Å². The molecule has 88 valence electrons. The van der Waals surface area contributed by atoms with Gasteiger partial charge in [0.05, 0.1) is 11.3 Å². The Morgan fingerprint density at radius 3 is 2.47 bits per heavy atom. The molecule has 2 rings (SSSR count). The van der Waals surface area contributed by atoms with Gasteiger partial charge in [-0.25, -0.2) is 0 Å². The van der Waals surface area contributed by atoms with E-state index in [1.807, 2.05) is 6.92 Å². The Morgan fingerprint density at radius 1 is 1.06 bits per heavy atom. The SMILES string of the molecule is Cc1ccnc(-c2cccc(C(F)(F)F)c2)c1. The van der Waals surface area contributed by atoms with Crippen LogP contribution in [-0.4, -0.2) is 4.98 Å². The van der Waals surface area contributed by atoms with E-state index in [-0.39, 0.29) is 0 Å². The third kappa shape index (κ3) is 2.64. The van der Waals surface area contributed by atoms with E-state index in [0.29, 0.717) is 11.3 Å². The van der Waals surface area contributed by atoms with Gasteiger partial charge < -0.3 is 0 Å². The van der Waals surface area contributed by atoms with Crippen molar-refractivity contribution in [1.29, 1.82) is 0 Å². The van der Waals surface area contributed by atoms with E-state index in [1.54, 1.807) is 24.4 Å². The molecule has 0 aliphatic rings. The summed E-state index contributed by atoms with van der Waals surface area (Å²) in [4.78, 5) is 4.07. The largest absolute Gasteiger partial charge is 0.416 e. The van der Waals surface area contributed by atoms with Crippen molar-refractivity contribution in [2.45, 2.75) is 13.1 Å². The maximum atomic E-state index is 12.5. The molecule has 0 unspecified atom stereocenters. The van der Waals surface area contributed by atoms with E-state index in [0.717, 1.165) is 17.7 Å². The summed E-state index contributed by atoms with van der Waals surface area (Å²) in [6.45, 7) is 1.87. The van der Waals surface area contributed by atoms with Crippen molar-refractivity contribution in [1.82, 2.24) is 4.98 Å². The fraction of sp³-hybridized carbons (Fsp3) is 0.154. The Balaban J connectivity index is 2.47. The molecule has 0 spiro atoms. The summed E-state index contributed by atoms with van der Waals surface area (Å²) in [5.41, 5.74) is 1.34. The van der Waals surface area contributed by atoms with E-state index in [9.17, 15) is 13.2 Å². The normalized spacial score (nSPS) is 11.5. The minimum Gasteiger partial charge on any atom is -0.256 e. The molecule has 1 aromatic heterocycles. The minimum atomic E-state index is -4.32. The van der Waals surface area contributed by atoms with Crippen LogP contribution in [0.15, 0.2) is 42.6 Å². The molecule has 0 saturated heterocycles. The number of hydrogen-bond acceptors (Lipinski definition) is 1. The molecule has 0 bridgehead atoms. The van der Waals surface area contributed by atoms with E-state index < -0.39 is 11.7 Å². The molecule has 1 heterocycles. The van der Waals surface area contributed by atoms with E-state index in [4.69, 9.17) is 0 Å². The molecule has 0 saturated carbocycles. The van der Waals surface area contributed by atoms with Gasteiger partial charge in [0.1, 0.15) is 0 Å². The molecule has 0 aliphatic heterocycles. The smallest absolute Gasteiger partial charge is 0.256 e. The number of aryl methyl sites for hydroxylation is 1. The summed E-state index contributed by atoms with van der Waals surface area (Å²) in [5.74, 6) is 0. The van der Waals surface area contributed by atoms with Gasteiger partial charge in [0.15, 0.2) is 0 Å². The molecule has 0 atom stereocenters. The lowest BCUT2D eigenvalue weighted by atomic mass is 10.1. The van der Waals surface area contributed by atoms with Crippen molar-refractivity contribution in [3.8, 4) is 11.3 Å². The predicted molar refractivity (Wildman–Crippen MR) is 59.4 cm³/mol. The highest BCUT2D eigenvalue weighted by Crippen LogP contribution is 2.31. The zero-order chi connectivity index (χ0) is 12.5. The zero-order valence-corrected chi connectivity index (χ0v) is 9.12. The first-order valence-corrected chi connectivity index (χ1v) is 5.07. The summed E-state index contributed by atoms with van der Waals surface area (Å²) in [6.07, 6.45) is -2.73. The van der Waals surface area contributed by atoms with Crippen LogP contribution in [0, 0.1) is 6.92 Å². The van der Waals surface area contributed by atoms with E-state index in [2.05, 4.69) is 4.98 Å². The van der Waals surface area contributed by atoms with Gasteiger partial charge in [-0.05, 0) is 36.8 Å². The number of benzene rings is 1. The number of hydrogen-bond donors (Lipinski definition) is 0. The molecule has 2 aromatic rings. The number of halogens is 3. The summed E-state index contributed by atoms with van der Waals surface area (Å²) < 4.78 is 37.6. The van der Waals surface area contributed by atoms with Crippen molar-refractivity contribution in [2.75, 3.05) is 0 Å². The van der Waals surface area contributed by atoms with Crippen LogP contribution in [0.25, 0.3) is 11.3 Å². The molecule has 0 amide bonds. The maximum Gasteiger partial charge on any atom is 0.416 e. The van der Waals surface area contributed by atoms with E-state index >= 15 is 0 Å². The topological polar surface area (TPSA) is 12.9 Å². The first kappa shape index (κ1) is 11.6. The highest BCUT2D eigenvalue weighted by Gasteiger charge is 2.30. The average molecular weight is 237 g/mol. The molecule has 4 heteroatoms. The molecule has 17 heavy (non-hydrogen) atoms. The number of pyridine rings is 1. The second kappa shape index (κ2) is 4.20. The van der Waals surface area contributed by atoms with E-state index in [1.165, 1.54) is 6.07 Å². The lowest BCUT2D eigenvalue weighted by molar-refractivity contribution is -0.137. The summed E-state index contributed by atoms with van der Waals surface area (Å²) >= 11 is 0. The van der Waals surface area contributed by atoms with Gasteiger partial charge in [0.2, 0.25) is 0 Å². The van der Waals surface area contributed by atoms with Gasteiger partial charge in [-0.3, -0.25) is 4.98 Å². The zero-order valence-electron chi connectivity index (χ0n) is 9.12. The van der Waals surface area contributed by atoms with Crippen LogP contribution in [0.3, 0.4) is 0 Å². The van der Waals surface area contributed by atoms with Gasteiger partial charge in [0, 0.05) is 11.8 Å². The molecular formula is C13H10F3N. The summed E-state index contributed by atoms with van der Waals surface area (Å²) in [5, 5.41) is 0. The summed E-state index contributed by atoms with van der Waals surface area (Å²) in [6, 6.07) is 8.74. The molecule has 0 N–H and O–H groups in total. The van der Waals surface area contributed by atoms with Crippen molar-refractivity contribution in [2.24, 2.45) is 0 Å². The van der Waals surface area contributed by atoms with Crippen molar-refractivity contribution < 1.29 is 13.2 Å². The Bertz CT molecular complexity index is 532. The quantitative estimate of drug-likeness (QED) is 0.728. The Labute approximate surface area is 96.9 Å². The molecule has 0 radical (unpaired) electrons. The Morgan fingerprint density at radius 2 is 1.82 bits per heavy atom. The van der Waals surface area contributed by atoms with Crippen LogP contribution in [0.4, 0.5) is 13.2 Å². The second-order valence-corrected chi connectivity index (χ2v) is 3.80. The van der Waals surface area contributed by atoms with Gasteiger partial charge in [0.25, 0.3) is 0 Å². The second-order valence-electron chi connectivity index (χ2n) is 3.80. The lowest BCUT2D eigenvalue weighted by Gasteiger charge is -2.08. The van der Waals surface area contributed by atoms with Gasteiger partial charge in [-0.1, -0.05) is 12.1 Å². The van der Waals surface area contributed by atoms with Crippen molar-refractivity contribution >= 4 is 0 Å².